The van der Waals surface area contributed by atoms with Crippen molar-refractivity contribution in [1.29, 1.82) is 0 Å². The van der Waals surface area contributed by atoms with Gasteiger partial charge in [0.25, 0.3) is 17.0 Å². The van der Waals surface area contributed by atoms with Crippen LogP contribution in [0.5, 0.6) is 17.4 Å². The van der Waals surface area contributed by atoms with Crippen LogP contribution in [0.2, 0.25) is 5.02 Å². The first kappa shape index (κ1) is 25.7. The fourth-order valence-electron chi connectivity index (χ4n) is 4.07. The predicted molar refractivity (Wildman–Crippen MR) is 133 cm³/mol. The summed E-state index contributed by atoms with van der Waals surface area (Å²) >= 11 is 8.08. The van der Waals surface area contributed by atoms with E-state index in [9.17, 15) is 14.7 Å². The van der Waals surface area contributed by atoms with Gasteiger partial charge in [-0.3, -0.25) is 9.59 Å². The Labute approximate surface area is 218 Å². The Kier molecular flexibility index (Phi) is 7.65. The number of ether oxygens (including phenoxy) is 2. The molecule has 0 fully saturated rings. The number of rotatable bonds is 7. The number of nitrogens with zero attached hydrogens (tertiary/aromatic N) is 4. The highest BCUT2D eigenvalue weighted by atomic mass is 35.5. The van der Waals surface area contributed by atoms with Gasteiger partial charge in [0.05, 0.1) is 34.8 Å². The lowest BCUT2D eigenvalue weighted by molar-refractivity contribution is -0.764. The van der Waals surface area contributed by atoms with Gasteiger partial charge in [-0.15, -0.1) is 0 Å². The van der Waals surface area contributed by atoms with Crippen LogP contribution in [0, 0.1) is 0 Å². The number of carbonyl (C=O) groups is 2. The molecule has 1 aliphatic rings. The minimum atomic E-state index is -0.915. The number of aromatic nitrogens is 3. The van der Waals surface area contributed by atoms with Gasteiger partial charge in [0.2, 0.25) is 5.91 Å². The van der Waals surface area contributed by atoms with Crippen molar-refractivity contribution in [2.24, 2.45) is 0 Å². The topological polar surface area (TPSA) is 109 Å². The smallest absolute Gasteiger partial charge is 0.308 e. The van der Waals surface area contributed by atoms with Gasteiger partial charge in [-0.25, -0.2) is 9.88 Å². The number of benzene rings is 2. The van der Waals surface area contributed by atoms with Crippen molar-refractivity contribution in [3.63, 3.8) is 0 Å². The Hall–Kier alpha value is -3.37. The number of esters is 1. The summed E-state index contributed by atoms with van der Waals surface area (Å²) in [4.78, 5) is 30.4. The molecule has 1 aliphatic heterocycles. The second-order valence-electron chi connectivity index (χ2n) is 8.09. The Morgan fingerprint density at radius 1 is 1.22 bits per heavy atom. The van der Waals surface area contributed by atoms with Gasteiger partial charge >= 0.3 is 5.97 Å². The van der Waals surface area contributed by atoms with E-state index in [1.165, 1.54) is 48.4 Å². The highest BCUT2D eigenvalue weighted by molar-refractivity contribution is 7.99. The Bertz CT molecular complexity index is 1340. The maximum Gasteiger partial charge on any atom is 0.308 e. The minimum Gasteiger partial charge on any atom is -0.854 e. The molecule has 1 aromatic heterocycles. The van der Waals surface area contributed by atoms with Crippen LogP contribution in [0.25, 0.3) is 11.3 Å². The van der Waals surface area contributed by atoms with Crippen LogP contribution in [0.15, 0.2) is 41.6 Å². The molecule has 0 N–H and O–H groups in total. The van der Waals surface area contributed by atoms with Crippen molar-refractivity contribution < 1.29 is 28.9 Å². The number of anilines is 1. The summed E-state index contributed by atoms with van der Waals surface area (Å²) in [6.07, 6.45) is 1.02. The van der Waals surface area contributed by atoms with Crippen LogP contribution in [-0.4, -0.2) is 34.8 Å². The highest BCUT2D eigenvalue weighted by Crippen LogP contribution is 2.44. The number of fused-ring (bicyclic) bond motifs is 3. The number of amides is 1. The number of para-hydroxylation sites is 1. The van der Waals surface area contributed by atoms with Crippen molar-refractivity contribution in [2.45, 2.75) is 44.9 Å². The molecule has 9 nitrogen and oxygen atoms in total. The first-order valence-electron chi connectivity index (χ1n) is 11.4. The standard InChI is InChI=1S/C25H25ClN4O5S/c1-5-6-11-36-25-27-23(33)22-16-9-7-8-10-19(16)29(14(2)31)24(30(22)28-25)17-12-20(34-4)21(13-18(17)26)35-15(3)32/h7-10,12-13,24H,5-6,11H2,1-4H3. The summed E-state index contributed by atoms with van der Waals surface area (Å²) in [6.45, 7) is 4.78. The van der Waals surface area contributed by atoms with E-state index in [0.29, 0.717) is 22.0 Å². The van der Waals surface area contributed by atoms with E-state index in [2.05, 4.69) is 11.9 Å². The van der Waals surface area contributed by atoms with Crippen LogP contribution < -0.4 is 24.2 Å². The zero-order chi connectivity index (χ0) is 26.0. The molecule has 0 saturated heterocycles. The van der Waals surface area contributed by atoms with Crippen molar-refractivity contribution in [2.75, 3.05) is 17.8 Å². The minimum absolute atomic E-state index is 0.137. The van der Waals surface area contributed by atoms with Crippen LogP contribution in [-0.2, 0) is 9.59 Å². The van der Waals surface area contributed by atoms with E-state index in [0.717, 1.165) is 18.6 Å². The number of methoxy groups -OCH3 is 1. The molecule has 1 unspecified atom stereocenters. The lowest BCUT2D eigenvalue weighted by atomic mass is 10.0. The summed E-state index contributed by atoms with van der Waals surface area (Å²) < 4.78 is 12.2. The zero-order valence-corrected chi connectivity index (χ0v) is 21.9. The number of carbonyl (C=O) groups excluding carboxylic acids is 2. The summed E-state index contributed by atoms with van der Waals surface area (Å²) in [5.74, 6) is -0.148. The Morgan fingerprint density at radius 3 is 2.64 bits per heavy atom. The molecule has 36 heavy (non-hydrogen) atoms. The molecular formula is C25H25ClN4O5S. The third kappa shape index (κ3) is 4.83. The average Bonchev–Trinajstić information content (AvgIpc) is 2.83. The van der Waals surface area contributed by atoms with Gasteiger partial charge in [0, 0.05) is 30.8 Å². The maximum absolute atomic E-state index is 13.3. The van der Waals surface area contributed by atoms with Crippen LogP contribution in [0.4, 0.5) is 5.69 Å². The molecule has 0 saturated carbocycles. The zero-order valence-electron chi connectivity index (χ0n) is 20.3. The van der Waals surface area contributed by atoms with Crippen LogP contribution in [0.3, 0.4) is 0 Å². The van der Waals surface area contributed by atoms with E-state index < -0.39 is 18.0 Å². The third-order valence-electron chi connectivity index (χ3n) is 5.60. The summed E-state index contributed by atoms with van der Waals surface area (Å²) in [5.41, 5.74) is 1.75. The van der Waals surface area contributed by atoms with Crippen molar-refractivity contribution >= 4 is 40.9 Å². The first-order chi connectivity index (χ1) is 17.3. The molecule has 11 heteroatoms. The van der Waals surface area contributed by atoms with Gasteiger partial charge in [0.15, 0.2) is 11.5 Å². The maximum atomic E-state index is 13.3. The van der Waals surface area contributed by atoms with E-state index in [4.69, 9.17) is 26.2 Å². The van der Waals surface area contributed by atoms with E-state index >= 15 is 0 Å². The highest BCUT2D eigenvalue weighted by Gasteiger charge is 2.45. The number of halogens is 1. The fraction of sp³-hybridized carbons (Fsp3) is 0.320. The summed E-state index contributed by atoms with van der Waals surface area (Å²) in [5, 5.41) is 18.5. The number of unbranched alkanes of at least 4 members (excludes halogenated alkanes) is 1. The Balaban J connectivity index is 1.99. The molecular weight excluding hydrogens is 504 g/mol. The third-order valence-corrected chi connectivity index (χ3v) is 6.85. The average molecular weight is 529 g/mol. The molecule has 0 spiro atoms. The lowest BCUT2D eigenvalue weighted by Gasteiger charge is -2.33. The predicted octanol–water partition coefficient (Wildman–Crippen LogP) is 3.90. The van der Waals surface area contributed by atoms with Crippen molar-refractivity contribution in [3.8, 4) is 28.6 Å². The van der Waals surface area contributed by atoms with Crippen LogP contribution >= 0.6 is 23.4 Å². The molecule has 2 aromatic carbocycles. The molecule has 1 amide bonds. The summed E-state index contributed by atoms with van der Waals surface area (Å²) in [6, 6.07) is 10.1. The van der Waals surface area contributed by atoms with Crippen molar-refractivity contribution in [3.05, 3.63) is 47.0 Å². The summed E-state index contributed by atoms with van der Waals surface area (Å²) in [7, 11) is 1.43. The molecule has 0 radical (unpaired) electrons. The molecule has 0 bridgehead atoms. The van der Waals surface area contributed by atoms with Gasteiger partial charge in [-0.2, -0.15) is 0 Å². The van der Waals surface area contributed by atoms with E-state index in [-0.39, 0.29) is 28.1 Å². The fourth-order valence-corrected chi connectivity index (χ4v) is 5.23. The largest absolute Gasteiger partial charge is 0.854 e. The molecule has 4 rings (SSSR count). The molecule has 188 valence electrons. The number of hydrogen-bond acceptors (Lipinski definition) is 8. The molecule has 3 aromatic rings. The van der Waals surface area contributed by atoms with Gasteiger partial charge < -0.3 is 14.6 Å². The van der Waals surface area contributed by atoms with E-state index in [1.54, 1.807) is 30.3 Å². The normalized spacial score (nSPS) is 14.1. The first-order valence-corrected chi connectivity index (χ1v) is 12.7. The van der Waals surface area contributed by atoms with Crippen LogP contribution in [0.1, 0.15) is 45.3 Å². The van der Waals surface area contributed by atoms with Gasteiger partial charge in [0.1, 0.15) is 0 Å². The van der Waals surface area contributed by atoms with Gasteiger partial charge in [-0.1, -0.05) is 53.5 Å². The number of thioether (sulfide) groups is 1. The molecule has 2 heterocycles. The lowest BCUT2D eigenvalue weighted by Crippen LogP contribution is -2.58. The Morgan fingerprint density at radius 2 is 1.97 bits per heavy atom. The number of hydrogen-bond donors (Lipinski definition) is 0. The van der Waals surface area contributed by atoms with Crippen molar-refractivity contribution in [1.82, 2.24) is 10.1 Å². The second-order valence-corrected chi connectivity index (χ2v) is 9.56. The second kappa shape index (κ2) is 10.7. The monoisotopic (exact) mass is 528 g/mol. The SMILES string of the molecule is CCCCSc1nc([O-])c2[n+](n1)C(c1cc(OC)c(OC(C)=O)cc1Cl)N(C(C)=O)c1ccccc1-2. The van der Waals surface area contributed by atoms with Gasteiger partial charge in [-0.05, 0) is 24.6 Å². The quantitative estimate of drug-likeness (QED) is 0.149. The molecule has 0 aliphatic carbocycles. The molecule has 1 atom stereocenters. The van der Waals surface area contributed by atoms with E-state index in [1.807, 2.05) is 0 Å².